The van der Waals surface area contributed by atoms with E-state index in [1.807, 2.05) is 6.07 Å². The second-order valence-electron chi connectivity index (χ2n) is 7.72. The van der Waals surface area contributed by atoms with Crippen molar-refractivity contribution in [1.82, 2.24) is 0 Å². The molecule has 0 amide bonds. The molecule has 0 heterocycles. The Morgan fingerprint density at radius 3 is 2.41 bits per heavy atom. The van der Waals surface area contributed by atoms with Gasteiger partial charge in [-0.1, -0.05) is 91.4 Å². The van der Waals surface area contributed by atoms with Gasteiger partial charge in [-0.15, -0.1) is 0 Å². The minimum absolute atomic E-state index is 0.276. The van der Waals surface area contributed by atoms with E-state index in [0.717, 1.165) is 12.1 Å². The molecule has 0 saturated carbocycles. The van der Waals surface area contributed by atoms with E-state index in [2.05, 4.69) is 91.9 Å². The summed E-state index contributed by atoms with van der Waals surface area (Å²) in [5.41, 5.74) is 14.9. The van der Waals surface area contributed by atoms with Crippen molar-refractivity contribution >= 4 is 5.69 Å². The number of hydrogen-bond donors (Lipinski definition) is 1. The molecule has 0 aromatic heterocycles. The summed E-state index contributed by atoms with van der Waals surface area (Å²) in [6.45, 7) is 2.29. The maximum absolute atomic E-state index is 6.29. The zero-order valence-corrected chi connectivity index (χ0v) is 15.5. The molecule has 0 bridgehead atoms. The Morgan fingerprint density at radius 2 is 1.59 bits per heavy atom. The largest absolute Gasteiger partial charge is 0.399 e. The van der Waals surface area contributed by atoms with Gasteiger partial charge in [0.15, 0.2) is 0 Å². The number of fused-ring (bicyclic) bond motifs is 3. The maximum Gasteiger partial charge on any atom is 0.0677 e. The van der Waals surface area contributed by atoms with E-state index < -0.39 is 0 Å². The van der Waals surface area contributed by atoms with E-state index in [4.69, 9.17) is 5.73 Å². The van der Waals surface area contributed by atoms with Gasteiger partial charge in [0.2, 0.25) is 0 Å². The van der Waals surface area contributed by atoms with Crippen LogP contribution in [0.1, 0.15) is 30.0 Å². The summed E-state index contributed by atoms with van der Waals surface area (Å²) < 4.78 is 0. The van der Waals surface area contributed by atoms with Crippen LogP contribution in [0.25, 0.3) is 11.1 Å². The lowest BCUT2D eigenvalue weighted by Gasteiger charge is -2.37. The van der Waals surface area contributed by atoms with Crippen molar-refractivity contribution in [1.29, 1.82) is 0 Å². The molecule has 2 aliphatic rings. The highest BCUT2D eigenvalue weighted by Crippen LogP contribution is 2.58. The highest BCUT2D eigenvalue weighted by molar-refractivity contribution is 5.87. The zero-order chi connectivity index (χ0) is 18.4. The van der Waals surface area contributed by atoms with Gasteiger partial charge in [0.1, 0.15) is 0 Å². The number of nitrogen functional groups attached to an aromatic ring is 1. The standard InChI is InChI=1S/C26H23N/c1-18-8-7-11-20(16-18)26(19-9-3-2-4-10-19)24-13-6-5-12-22(24)23-15-14-21(27)17-25(23)26/h2-15,17-18H,16,27H2,1H3. The van der Waals surface area contributed by atoms with Crippen molar-refractivity contribution in [2.75, 3.05) is 5.73 Å². The number of benzene rings is 3. The highest BCUT2D eigenvalue weighted by Gasteiger charge is 2.47. The second-order valence-corrected chi connectivity index (χ2v) is 7.72. The molecule has 0 saturated heterocycles. The Morgan fingerprint density at radius 1 is 0.852 bits per heavy atom. The first-order valence-corrected chi connectivity index (χ1v) is 9.64. The van der Waals surface area contributed by atoms with Crippen LogP contribution in [-0.4, -0.2) is 0 Å². The Hall–Kier alpha value is -3.06. The van der Waals surface area contributed by atoms with Crippen molar-refractivity contribution < 1.29 is 0 Å². The van der Waals surface area contributed by atoms with E-state index in [9.17, 15) is 0 Å². The van der Waals surface area contributed by atoms with Crippen LogP contribution < -0.4 is 5.73 Å². The minimum atomic E-state index is -0.276. The van der Waals surface area contributed by atoms with E-state index in [-0.39, 0.29) is 5.41 Å². The number of hydrogen-bond acceptors (Lipinski definition) is 1. The smallest absolute Gasteiger partial charge is 0.0677 e. The van der Waals surface area contributed by atoms with Gasteiger partial charge in [0.25, 0.3) is 0 Å². The molecule has 3 aromatic carbocycles. The van der Waals surface area contributed by atoms with Crippen molar-refractivity contribution in [2.24, 2.45) is 5.92 Å². The average Bonchev–Trinajstić information content (AvgIpc) is 2.99. The monoisotopic (exact) mass is 349 g/mol. The summed E-state index contributed by atoms with van der Waals surface area (Å²) >= 11 is 0. The summed E-state index contributed by atoms with van der Waals surface area (Å²) in [6, 6.07) is 26.1. The van der Waals surface area contributed by atoms with Gasteiger partial charge < -0.3 is 5.73 Å². The van der Waals surface area contributed by atoms with E-state index in [1.165, 1.54) is 33.4 Å². The van der Waals surface area contributed by atoms with Crippen LogP contribution in [0.2, 0.25) is 0 Å². The van der Waals surface area contributed by atoms with E-state index in [1.54, 1.807) is 0 Å². The molecule has 27 heavy (non-hydrogen) atoms. The van der Waals surface area contributed by atoms with Gasteiger partial charge >= 0.3 is 0 Å². The summed E-state index contributed by atoms with van der Waals surface area (Å²) in [5.74, 6) is 0.530. The topological polar surface area (TPSA) is 26.0 Å². The molecule has 2 unspecified atom stereocenters. The van der Waals surface area contributed by atoms with Gasteiger partial charge in [0, 0.05) is 5.69 Å². The van der Waals surface area contributed by atoms with Crippen LogP contribution in [0.5, 0.6) is 0 Å². The molecule has 132 valence electrons. The Balaban J connectivity index is 1.93. The van der Waals surface area contributed by atoms with Gasteiger partial charge in [-0.25, -0.2) is 0 Å². The predicted molar refractivity (Wildman–Crippen MR) is 114 cm³/mol. The SMILES string of the molecule is CC1C=CC=C(C2(c3ccccc3)c3ccccc3-c3ccc(N)cc32)C1. The molecular weight excluding hydrogens is 326 g/mol. The van der Waals surface area contributed by atoms with Crippen LogP contribution in [0, 0.1) is 5.92 Å². The fourth-order valence-corrected chi connectivity index (χ4v) is 4.95. The molecule has 2 atom stereocenters. The second kappa shape index (κ2) is 5.99. The number of rotatable bonds is 2. The highest BCUT2D eigenvalue weighted by atomic mass is 14.6. The lowest BCUT2D eigenvalue weighted by atomic mass is 9.64. The molecule has 2 N–H and O–H groups in total. The fourth-order valence-electron chi connectivity index (χ4n) is 4.95. The van der Waals surface area contributed by atoms with Crippen molar-refractivity contribution in [3.8, 4) is 11.1 Å². The molecule has 0 fully saturated rings. The molecule has 5 rings (SSSR count). The number of nitrogens with two attached hydrogens (primary N) is 1. The first-order valence-electron chi connectivity index (χ1n) is 9.64. The molecule has 0 radical (unpaired) electrons. The average molecular weight is 349 g/mol. The van der Waals surface area contributed by atoms with Gasteiger partial charge in [-0.05, 0) is 52.3 Å². The molecule has 2 aliphatic carbocycles. The third-order valence-electron chi connectivity index (χ3n) is 6.04. The lowest BCUT2D eigenvalue weighted by Crippen LogP contribution is -2.31. The third-order valence-corrected chi connectivity index (χ3v) is 6.04. The van der Waals surface area contributed by atoms with Crippen LogP contribution in [0.15, 0.2) is 96.6 Å². The van der Waals surface area contributed by atoms with Crippen molar-refractivity contribution in [3.63, 3.8) is 0 Å². The normalized spacial score (nSPS) is 22.9. The summed E-state index contributed by atoms with van der Waals surface area (Å²) in [7, 11) is 0. The molecular formula is C26H23N. The van der Waals surface area contributed by atoms with Crippen LogP contribution >= 0.6 is 0 Å². The molecule has 3 aromatic rings. The van der Waals surface area contributed by atoms with Gasteiger partial charge in [0.05, 0.1) is 5.41 Å². The fraction of sp³-hybridized carbons (Fsp3) is 0.154. The molecule has 0 spiro atoms. The zero-order valence-electron chi connectivity index (χ0n) is 15.5. The first kappa shape index (κ1) is 16.1. The third kappa shape index (κ3) is 2.24. The summed E-state index contributed by atoms with van der Waals surface area (Å²) in [5, 5.41) is 0. The molecule has 0 aliphatic heterocycles. The number of anilines is 1. The van der Waals surface area contributed by atoms with Crippen LogP contribution in [0.4, 0.5) is 5.69 Å². The van der Waals surface area contributed by atoms with Crippen molar-refractivity contribution in [3.05, 3.63) is 113 Å². The summed E-state index contributed by atoms with van der Waals surface area (Å²) in [6.07, 6.45) is 7.89. The lowest BCUT2D eigenvalue weighted by molar-refractivity contribution is 0.615. The molecule has 1 nitrogen and oxygen atoms in total. The Labute approximate surface area is 160 Å². The minimum Gasteiger partial charge on any atom is -0.399 e. The Bertz CT molecular complexity index is 1070. The predicted octanol–water partition coefficient (Wildman–Crippen LogP) is 6.11. The molecule has 1 heteroatoms. The van der Waals surface area contributed by atoms with Gasteiger partial charge in [-0.2, -0.15) is 0 Å². The quantitative estimate of drug-likeness (QED) is 0.555. The van der Waals surface area contributed by atoms with Crippen molar-refractivity contribution in [2.45, 2.75) is 18.8 Å². The number of allylic oxidation sites excluding steroid dienone is 4. The maximum atomic E-state index is 6.29. The van der Waals surface area contributed by atoms with E-state index >= 15 is 0 Å². The van der Waals surface area contributed by atoms with E-state index in [0.29, 0.717) is 5.92 Å². The van der Waals surface area contributed by atoms with Crippen LogP contribution in [-0.2, 0) is 5.41 Å². The van der Waals surface area contributed by atoms with Gasteiger partial charge in [-0.3, -0.25) is 0 Å². The summed E-state index contributed by atoms with van der Waals surface area (Å²) in [4.78, 5) is 0. The Kier molecular flexibility index (Phi) is 3.58. The van der Waals surface area contributed by atoms with Crippen LogP contribution in [0.3, 0.4) is 0 Å². The first-order chi connectivity index (χ1) is 13.2.